The summed E-state index contributed by atoms with van der Waals surface area (Å²) in [5.41, 5.74) is 1.33. The van der Waals surface area contributed by atoms with Gasteiger partial charge in [0.05, 0.1) is 11.8 Å². The van der Waals surface area contributed by atoms with Crippen molar-refractivity contribution in [2.45, 2.75) is 38.3 Å². The molecule has 3 nitrogen and oxygen atoms in total. The van der Waals surface area contributed by atoms with E-state index < -0.39 is 6.10 Å². The van der Waals surface area contributed by atoms with Gasteiger partial charge in [-0.3, -0.25) is 0 Å². The number of hydrogen-bond donors (Lipinski definition) is 1. The second kappa shape index (κ2) is 5.93. The average Bonchev–Trinajstić information content (AvgIpc) is 2.47. The van der Waals surface area contributed by atoms with Crippen molar-refractivity contribution in [2.24, 2.45) is 5.92 Å². The Morgan fingerprint density at radius 1 is 1.29 bits per heavy atom. The number of nitrogens with zero attached hydrogens (tertiary/aromatic N) is 2. The van der Waals surface area contributed by atoms with Gasteiger partial charge in [-0.1, -0.05) is 6.07 Å². The minimum atomic E-state index is -0.619. The van der Waals surface area contributed by atoms with Crippen molar-refractivity contribution < 1.29 is 9.50 Å². The summed E-state index contributed by atoms with van der Waals surface area (Å²) in [5.74, 6) is 0.435. The predicted octanol–water partition coefficient (Wildman–Crippen LogP) is 2.80. The first-order chi connectivity index (χ1) is 10.1. The fourth-order valence-electron chi connectivity index (χ4n) is 3.91. The number of fused-ring (bicyclic) bond motifs is 1. The van der Waals surface area contributed by atoms with Crippen LogP contribution in [0, 0.1) is 11.7 Å². The third kappa shape index (κ3) is 2.92. The van der Waals surface area contributed by atoms with Gasteiger partial charge in [0.2, 0.25) is 0 Å². The highest BCUT2D eigenvalue weighted by atomic mass is 19.1. The van der Waals surface area contributed by atoms with Gasteiger partial charge in [0.25, 0.3) is 0 Å². The fraction of sp³-hybridized carbons (Fsp3) is 0.647. The molecule has 0 spiro atoms. The van der Waals surface area contributed by atoms with Crippen molar-refractivity contribution in [3.63, 3.8) is 0 Å². The lowest BCUT2D eigenvalue weighted by atomic mass is 9.84. The van der Waals surface area contributed by atoms with Gasteiger partial charge < -0.3 is 14.9 Å². The molecule has 0 aliphatic carbocycles. The number of rotatable bonds is 2. The van der Waals surface area contributed by atoms with Gasteiger partial charge >= 0.3 is 0 Å². The van der Waals surface area contributed by atoms with Crippen molar-refractivity contribution in [1.29, 1.82) is 0 Å². The SMILES string of the molecule is C[C@@H](O)c1ccc(N2CCC3C(CCCN3C)C2)c(F)c1. The number of aliphatic hydroxyl groups is 1. The highest BCUT2D eigenvalue weighted by Crippen LogP contribution is 2.33. The zero-order valence-electron chi connectivity index (χ0n) is 12.9. The van der Waals surface area contributed by atoms with E-state index in [2.05, 4.69) is 16.8 Å². The molecule has 0 amide bonds. The van der Waals surface area contributed by atoms with Gasteiger partial charge in [-0.25, -0.2) is 4.39 Å². The first-order valence-corrected chi connectivity index (χ1v) is 7.99. The smallest absolute Gasteiger partial charge is 0.146 e. The summed E-state index contributed by atoms with van der Waals surface area (Å²) in [7, 11) is 2.21. The molecule has 0 saturated carbocycles. The molecule has 116 valence electrons. The molecule has 1 aromatic rings. The molecule has 3 rings (SSSR count). The Kier molecular flexibility index (Phi) is 4.18. The van der Waals surface area contributed by atoms with Crippen LogP contribution in [-0.4, -0.2) is 42.7 Å². The predicted molar refractivity (Wildman–Crippen MR) is 83.0 cm³/mol. The van der Waals surface area contributed by atoms with E-state index in [1.54, 1.807) is 6.92 Å². The maximum atomic E-state index is 14.3. The molecule has 2 saturated heterocycles. The molecule has 21 heavy (non-hydrogen) atoms. The first-order valence-electron chi connectivity index (χ1n) is 7.99. The Labute approximate surface area is 126 Å². The molecular formula is C17H25FN2O. The normalized spacial score (nSPS) is 28.3. The Hall–Kier alpha value is -1.13. The summed E-state index contributed by atoms with van der Waals surface area (Å²) in [6.45, 7) is 4.72. The van der Waals surface area contributed by atoms with Gasteiger partial charge in [-0.15, -0.1) is 0 Å². The highest BCUT2D eigenvalue weighted by molar-refractivity contribution is 5.50. The molecule has 2 heterocycles. The number of aliphatic hydroxyl groups excluding tert-OH is 1. The molecule has 0 radical (unpaired) electrons. The number of hydrogen-bond acceptors (Lipinski definition) is 3. The van der Waals surface area contributed by atoms with E-state index in [1.807, 2.05) is 12.1 Å². The van der Waals surface area contributed by atoms with Crippen LogP contribution in [0.1, 0.15) is 37.9 Å². The van der Waals surface area contributed by atoms with Crippen LogP contribution in [0.2, 0.25) is 0 Å². The van der Waals surface area contributed by atoms with Crippen LogP contribution in [-0.2, 0) is 0 Å². The Balaban J connectivity index is 1.76. The van der Waals surface area contributed by atoms with Gasteiger partial charge in [-0.2, -0.15) is 0 Å². The van der Waals surface area contributed by atoms with E-state index in [9.17, 15) is 9.50 Å². The molecule has 1 aromatic carbocycles. The molecule has 3 atom stereocenters. The summed E-state index contributed by atoms with van der Waals surface area (Å²) in [5, 5.41) is 9.55. The van der Waals surface area contributed by atoms with Crippen LogP contribution in [0.5, 0.6) is 0 Å². The van der Waals surface area contributed by atoms with Gasteiger partial charge in [0, 0.05) is 19.1 Å². The maximum Gasteiger partial charge on any atom is 0.146 e. The molecule has 2 aliphatic rings. The quantitative estimate of drug-likeness (QED) is 0.908. The van der Waals surface area contributed by atoms with Crippen LogP contribution >= 0.6 is 0 Å². The standard InChI is InChI=1S/C17H25FN2O/c1-12(21)13-5-6-17(15(18)10-13)20-9-7-16-14(11-20)4-3-8-19(16)2/h5-6,10,12,14,16,21H,3-4,7-9,11H2,1-2H3/t12-,14?,16?/m1/s1. The molecule has 2 aliphatic heterocycles. The molecule has 2 fully saturated rings. The molecule has 1 N–H and O–H groups in total. The summed E-state index contributed by atoms with van der Waals surface area (Å²) in [6.07, 6.45) is 2.98. The summed E-state index contributed by atoms with van der Waals surface area (Å²) < 4.78 is 14.3. The largest absolute Gasteiger partial charge is 0.389 e. The number of piperidine rings is 2. The Morgan fingerprint density at radius 2 is 2.10 bits per heavy atom. The van der Waals surface area contributed by atoms with Crippen molar-refractivity contribution in [1.82, 2.24) is 4.90 Å². The fourth-order valence-corrected chi connectivity index (χ4v) is 3.91. The van der Waals surface area contributed by atoms with Crippen LogP contribution in [0.15, 0.2) is 18.2 Å². The van der Waals surface area contributed by atoms with Crippen LogP contribution in [0.25, 0.3) is 0 Å². The monoisotopic (exact) mass is 292 g/mol. The van der Waals surface area contributed by atoms with Gasteiger partial charge in [-0.05, 0) is 63.4 Å². The number of halogens is 1. The topological polar surface area (TPSA) is 26.7 Å². The zero-order valence-corrected chi connectivity index (χ0v) is 12.9. The van der Waals surface area contributed by atoms with E-state index >= 15 is 0 Å². The van der Waals surface area contributed by atoms with Gasteiger partial charge in [0.15, 0.2) is 0 Å². The third-order valence-electron chi connectivity index (χ3n) is 5.14. The minimum absolute atomic E-state index is 0.212. The summed E-state index contributed by atoms with van der Waals surface area (Å²) in [4.78, 5) is 4.65. The lowest BCUT2D eigenvalue weighted by Gasteiger charge is -2.46. The molecule has 4 heteroatoms. The van der Waals surface area contributed by atoms with Crippen molar-refractivity contribution >= 4 is 5.69 Å². The molecule has 0 aromatic heterocycles. The third-order valence-corrected chi connectivity index (χ3v) is 5.14. The molecular weight excluding hydrogens is 267 g/mol. The Bertz CT molecular complexity index is 506. The van der Waals surface area contributed by atoms with E-state index in [1.165, 1.54) is 25.5 Å². The highest BCUT2D eigenvalue weighted by Gasteiger charge is 2.34. The number of benzene rings is 1. The van der Waals surface area contributed by atoms with E-state index in [0.717, 1.165) is 19.5 Å². The molecule has 2 unspecified atom stereocenters. The minimum Gasteiger partial charge on any atom is -0.389 e. The van der Waals surface area contributed by atoms with Crippen molar-refractivity contribution in [3.8, 4) is 0 Å². The zero-order chi connectivity index (χ0) is 15.0. The maximum absolute atomic E-state index is 14.3. The van der Waals surface area contributed by atoms with Crippen molar-refractivity contribution in [2.75, 3.05) is 31.6 Å². The Morgan fingerprint density at radius 3 is 2.81 bits per heavy atom. The first kappa shape index (κ1) is 14.8. The number of anilines is 1. The number of likely N-dealkylation sites (tertiary alicyclic amines) is 1. The van der Waals surface area contributed by atoms with E-state index in [4.69, 9.17) is 0 Å². The lowest BCUT2D eigenvalue weighted by Crippen LogP contribution is -2.52. The van der Waals surface area contributed by atoms with Crippen molar-refractivity contribution in [3.05, 3.63) is 29.6 Å². The van der Waals surface area contributed by atoms with Crippen LogP contribution in [0.4, 0.5) is 10.1 Å². The summed E-state index contributed by atoms with van der Waals surface area (Å²) >= 11 is 0. The van der Waals surface area contributed by atoms with E-state index in [-0.39, 0.29) is 5.82 Å². The second-order valence-corrected chi connectivity index (χ2v) is 6.57. The average molecular weight is 292 g/mol. The van der Waals surface area contributed by atoms with Crippen LogP contribution in [0.3, 0.4) is 0 Å². The summed E-state index contributed by atoms with van der Waals surface area (Å²) in [6, 6.07) is 5.79. The van der Waals surface area contributed by atoms with Gasteiger partial charge in [0.1, 0.15) is 5.82 Å². The molecule has 0 bridgehead atoms. The van der Waals surface area contributed by atoms with E-state index in [0.29, 0.717) is 23.2 Å². The lowest BCUT2D eigenvalue weighted by molar-refractivity contribution is 0.102. The second-order valence-electron chi connectivity index (χ2n) is 6.57. The van der Waals surface area contributed by atoms with Crippen LogP contribution < -0.4 is 4.90 Å².